The van der Waals surface area contributed by atoms with Crippen molar-refractivity contribution >= 4 is 11.6 Å². The van der Waals surface area contributed by atoms with Crippen molar-refractivity contribution < 1.29 is 14.3 Å². The van der Waals surface area contributed by atoms with E-state index in [1.165, 1.54) is 0 Å². The molecule has 0 saturated carbocycles. The number of carbonyl (C=O) groups is 1. The van der Waals surface area contributed by atoms with Gasteiger partial charge in [-0.15, -0.1) is 0 Å². The number of carbonyl (C=O) groups excluding carboxylic acids is 1. The summed E-state index contributed by atoms with van der Waals surface area (Å²) in [5, 5.41) is 2.88. The van der Waals surface area contributed by atoms with Gasteiger partial charge in [0.1, 0.15) is 11.5 Å². The first-order valence-corrected chi connectivity index (χ1v) is 8.35. The first-order valence-electron chi connectivity index (χ1n) is 8.35. The molecule has 1 amide bonds. The summed E-state index contributed by atoms with van der Waals surface area (Å²) >= 11 is 0. The van der Waals surface area contributed by atoms with E-state index in [9.17, 15) is 4.79 Å². The Morgan fingerprint density at radius 1 is 1.04 bits per heavy atom. The molecule has 128 valence electrons. The molecule has 0 unspecified atom stereocenters. The maximum atomic E-state index is 12.3. The molecule has 0 bridgehead atoms. The van der Waals surface area contributed by atoms with Crippen LogP contribution in [-0.2, 0) is 0 Å². The highest BCUT2D eigenvalue weighted by Crippen LogP contribution is 2.19. The maximum absolute atomic E-state index is 12.3. The van der Waals surface area contributed by atoms with Gasteiger partial charge in [0.15, 0.2) is 0 Å². The van der Waals surface area contributed by atoms with E-state index in [0.29, 0.717) is 30.4 Å². The molecule has 1 N–H and O–H groups in total. The Morgan fingerprint density at radius 3 is 2.46 bits per heavy atom. The molecule has 0 fully saturated rings. The second-order valence-corrected chi connectivity index (χ2v) is 6.06. The van der Waals surface area contributed by atoms with Crippen molar-refractivity contribution in [1.82, 2.24) is 0 Å². The van der Waals surface area contributed by atoms with E-state index in [1.54, 1.807) is 12.1 Å². The van der Waals surface area contributed by atoms with Crippen molar-refractivity contribution in [2.45, 2.75) is 27.2 Å². The third kappa shape index (κ3) is 5.61. The summed E-state index contributed by atoms with van der Waals surface area (Å²) in [4.78, 5) is 12.3. The van der Waals surface area contributed by atoms with Gasteiger partial charge in [0.25, 0.3) is 5.91 Å². The summed E-state index contributed by atoms with van der Waals surface area (Å²) in [5.41, 5.74) is 1.31. The highest BCUT2D eigenvalue weighted by Gasteiger charge is 2.07. The Morgan fingerprint density at radius 2 is 1.79 bits per heavy atom. The van der Waals surface area contributed by atoms with Crippen molar-refractivity contribution in [3.8, 4) is 11.5 Å². The summed E-state index contributed by atoms with van der Waals surface area (Å²) in [7, 11) is 0. The summed E-state index contributed by atoms with van der Waals surface area (Å²) in [6, 6.07) is 14.6. The largest absolute Gasteiger partial charge is 0.494 e. The van der Waals surface area contributed by atoms with Crippen LogP contribution in [0.1, 0.15) is 37.6 Å². The summed E-state index contributed by atoms with van der Waals surface area (Å²) < 4.78 is 11.2. The first-order chi connectivity index (χ1) is 11.6. The molecule has 0 heterocycles. The molecule has 2 rings (SSSR count). The molecule has 24 heavy (non-hydrogen) atoms. The van der Waals surface area contributed by atoms with Crippen LogP contribution in [0.2, 0.25) is 0 Å². The van der Waals surface area contributed by atoms with Crippen LogP contribution in [0.4, 0.5) is 5.69 Å². The van der Waals surface area contributed by atoms with Crippen molar-refractivity contribution in [2.75, 3.05) is 18.5 Å². The highest BCUT2D eigenvalue weighted by atomic mass is 16.5. The Labute approximate surface area is 143 Å². The Balaban J connectivity index is 1.96. The number of benzene rings is 2. The van der Waals surface area contributed by atoms with Crippen LogP contribution in [-0.4, -0.2) is 19.1 Å². The summed E-state index contributed by atoms with van der Waals surface area (Å²) in [6.07, 6.45) is 0.946. The average Bonchev–Trinajstić information content (AvgIpc) is 2.59. The van der Waals surface area contributed by atoms with Crippen molar-refractivity contribution in [1.29, 1.82) is 0 Å². The van der Waals surface area contributed by atoms with Gasteiger partial charge >= 0.3 is 0 Å². The number of amides is 1. The van der Waals surface area contributed by atoms with Crippen LogP contribution in [0.25, 0.3) is 0 Å². The molecule has 4 nitrogen and oxygen atoms in total. The molecule has 0 saturated heterocycles. The third-order valence-electron chi connectivity index (χ3n) is 3.26. The molecular weight excluding hydrogens is 302 g/mol. The second kappa shape index (κ2) is 8.96. The zero-order valence-corrected chi connectivity index (χ0v) is 14.5. The molecule has 0 aromatic heterocycles. The monoisotopic (exact) mass is 327 g/mol. The Kier molecular flexibility index (Phi) is 6.67. The van der Waals surface area contributed by atoms with Crippen LogP contribution in [0.5, 0.6) is 11.5 Å². The molecule has 0 aliphatic heterocycles. The van der Waals surface area contributed by atoms with Gasteiger partial charge in [-0.05, 0) is 48.7 Å². The standard InChI is InChI=1S/C20H25NO3/c1-4-12-23-19-7-5-6-17(13-19)21-20(22)16-8-10-18(11-9-16)24-14-15(2)3/h5-11,13,15H,4,12,14H2,1-3H3,(H,21,22). The van der Waals surface area contributed by atoms with Crippen LogP contribution in [0.3, 0.4) is 0 Å². The maximum Gasteiger partial charge on any atom is 0.255 e. The molecule has 0 aliphatic rings. The lowest BCUT2D eigenvalue weighted by atomic mass is 10.2. The average molecular weight is 327 g/mol. The Hall–Kier alpha value is -2.49. The number of nitrogens with one attached hydrogen (secondary N) is 1. The van der Waals surface area contributed by atoms with Crippen molar-refractivity contribution in [2.24, 2.45) is 5.92 Å². The van der Waals surface area contributed by atoms with Crippen molar-refractivity contribution in [3.05, 3.63) is 54.1 Å². The van der Waals surface area contributed by atoms with E-state index in [-0.39, 0.29) is 5.91 Å². The smallest absolute Gasteiger partial charge is 0.255 e. The van der Waals surface area contributed by atoms with Gasteiger partial charge in [-0.1, -0.05) is 26.8 Å². The van der Waals surface area contributed by atoms with E-state index < -0.39 is 0 Å². The van der Waals surface area contributed by atoms with Crippen LogP contribution in [0.15, 0.2) is 48.5 Å². The minimum atomic E-state index is -0.155. The molecule has 0 aliphatic carbocycles. The van der Waals surface area contributed by atoms with Crippen molar-refractivity contribution in [3.63, 3.8) is 0 Å². The molecule has 2 aromatic rings. The lowest BCUT2D eigenvalue weighted by Gasteiger charge is -2.10. The van der Waals surface area contributed by atoms with E-state index in [4.69, 9.17) is 9.47 Å². The fourth-order valence-corrected chi connectivity index (χ4v) is 2.05. The van der Waals surface area contributed by atoms with Gasteiger partial charge in [-0.2, -0.15) is 0 Å². The molecule has 4 heteroatoms. The minimum Gasteiger partial charge on any atom is -0.494 e. The van der Waals surface area contributed by atoms with E-state index in [1.807, 2.05) is 36.4 Å². The SMILES string of the molecule is CCCOc1cccc(NC(=O)c2ccc(OCC(C)C)cc2)c1. The fraction of sp³-hybridized carbons (Fsp3) is 0.350. The normalized spacial score (nSPS) is 10.5. The number of rotatable bonds is 8. The molecule has 0 atom stereocenters. The molecular formula is C20H25NO3. The summed E-state index contributed by atoms with van der Waals surface area (Å²) in [5.74, 6) is 1.84. The van der Waals surface area contributed by atoms with E-state index >= 15 is 0 Å². The third-order valence-corrected chi connectivity index (χ3v) is 3.26. The fourth-order valence-electron chi connectivity index (χ4n) is 2.05. The zero-order valence-electron chi connectivity index (χ0n) is 14.5. The zero-order chi connectivity index (χ0) is 17.4. The molecule has 0 spiro atoms. The topological polar surface area (TPSA) is 47.6 Å². The lowest BCUT2D eigenvalue weighted by Crippen LogP contribution is -2.12. The van der Waals surface area contributed by atoms with Gasteiger partial charge in [-0.3, -0.25) is 4.79 Å². The number of ether oxygens (including phenoxy) is 2. The minimum absolute atomic E-state index is 0.155. The van der Waals surface area contributed by atoms with Crippen LogP contribution >= 0.6 is 0 Å². The number of anilines is 1. The second-order valence-electron chi connectivity index (χ2n) is 6.06. The quantitative estimate of drug-likeness (QED) is 0.760. The summed E-state index contributed by atoms with van der Waals surface area (Å²) in [6.45, 7) is 7.58. The van der Waals surface area contributed by atoms with E-state index in [0.717, 1.165) is 17.9 Å². The lowest BCUT2D eigenvalue weighted by molar-refractivity contribution is 0.102. The predicted octanol–water partition coefficient (Wildman–Crippen LogP) is 4.76. The number of hydrogen-bond acceptors (Lipinski definition) is 3. The van der Waals surface area contributed by atoms with Gasteiger partial charge in [-0.25, -0.2) is 0 Å². The number of hydrogen-bond donors (Lipinski definition) is 1. The highest BCUT2D eigenvalue weighted by molar-refractivity contribution is 6.04. The van der Waals surface area contributed by atoms with Gasteiger partial charge < -0.3 is 14.8 Å². The first kappa shape index (κ1) is 17.9. The predicted molar refractivity (Wildman–Crippen MR) is 97.0 cm³/mol. The molecule has 2 aromatic carbocycles. The van der Waals surface area contributed by atoms with Crippen LogP contribution < -0.4 is 14.8 Å². The van der Waals surface area contributed by atoms with Gasteiger partial charge in [0, 0.05) is 17.3 Å². The van der Waals surface area contributed by atoms with E-state index in [2.05, 4.69) is 26.1 Å². The van der Waals surface area contributed by atoms with Gasteiger partial charge in [0.05, 0.1) is 13.2 Å². The molecule has 0 radical (unpaired) electrons. The van der Waals surface area contributed by atoms with Crippen LogP contribution in [0, 0.1) is 5.92 Å². The van der Waals surface area contributed by atoms with Gasteiger partial charge in [0.2, 0.25) is 0 Å². The Bertz CT molecular complexity index is 650.